The van der Waals surface area contributed by atoms with E-state index in [1.54, 1.807) is 0 Å². The van der Waals surface area contributed by atoms with Crippen LogP contribution in [-0.4, -0.2) is 46.6 Å². The molecule has 0 N–H and O–H groups in total. The zero-order valence-electron chi connectivity index (χ0n) is 3.77. The molecule has 1 fully saturated rings. The van der Waals surface area contributed by atoms with Crippen molar-refractivity contribution in [2.75, 3.05) is 0 Å². The number of hydrogen-bond donors (Lipinski definition) is 2. The average molecular weight is 176 g/mol. The minimum atomic E-state index is -0.704. The van der Waals surface area contributed by atoms with Gasteiger partial charge in [-0.25, -0.2) is 4.79 Å². The summed E-state index contributed by atoms with van der Waals surface area (Å²) < 4.78 is 8.80. The van der Waals surface area contributed by atoms with Gasteiger partial charge in [0.05, 0.1) is 0 Å². The number of rotatable bonds is 0. The summed E-state index contributed by atoms with van der Waals surface area (Å²) in [5.74, 6) is 0. The van der Waals surface area contributed by atoms with Gasteiger partial charge in [0, 0.05) is 0 Å². The van der Waals surface area contributed by atoms with Gasteiger partial charge in [-0.2, -0.15) is 0 Å². The van der Waals surface area contributed by atoms with E-state index in [1.807, 2.05) is 0 Å². The Hall–Kier alpha value is 0.970. The van der Waals surface area contributed by atoms with Crippen molar-refractivity contribution >= 4 is 61.0 Å². The second kappa shape index (κ2) is 3.98. The summed E-state index contributed by atoms with van der Waals surface area (Å²) in [6.45, 7) is 0. The summed E-state index contributed by atoms with van der Waals surface area (Å²) in [4.78, 5) is 10.1. The van der Waals surface area contributed by atoms with E-state index in [4.69, 9.17) is 0 Å². The van der Waals surface area contributed by atoms with Crippen LogP contribution in [0.25, 0.3) is 0 Å². The van der Waals surface area contributed by atoms with E-state index >= 15 is 0 Å². The minimum absolute atomic E-state index is 0. The second-order valence-corrected chi connectivity index (χ2v) is 2.28. The summed E-state index contributed by atoms with van der Waals surface area (Å²) >= 11 is 7.60. The molecule has 48 valence electrons. The third-order valence-electron chi connectivity index (χ3n) is 0.678. The van der Waals surface area contributed by atoms with Crippen molar-refractivity contribution in [1.82, 2.24) is 0 Å². The Bertz CT molecular complexity index is 108. The van der Waals surface area contributed by atoms with Crippen molar-refractivity contribution in [3.05, 3.63) is 0 Å². The fraction of sp³-hybridized carbons (Fsp3) is 0.667. The monoisotopic (exact) mass is 176 g/mol. The van der Waals surface area contributed by atoms with Gasteiger partial charge in [-0.05, 0) is 0 Å². The predicted molar refractivity (Wildman–Crippen MR) is 40.3 cm³/mol. The van der Waals surface area contributed by atoms with Gasteiger partial charge in [0.25, 0.3) is 0 Å². The Morgan fingerprint density at radius 2 is 1.56 bits per heavy atom. The van der Waals surface area contributed by atoms with E-state index in [0.29, 0.717) is 0 Å². The zero-order chi connectivity index (χ0) is 6.15. The standard InChI is InChI=1S/C3H4O3S2.Na.H/c4-3-5-1(7)2(8)6-3;;/h1-2,7-8H;;. The maximum atomic E-state index is 10.1. The van der Waals surface area contributed by atoms with E-state index in [2.05, 4.69) is 34.7 Å². The summed E-state index contributed by atoms with van der Waals surface area (Å²) in [6, 6.07) is 0. The predicted octanol–water partition coefficient (Wildman–Crippen LogP) is 0.0165. The first-order valence-electron chi connectivity index (χ1n) is 1.93. The van der Waals surface area contributed by atoms with Gasteiger partial charge in [-0.15, -0.1) is 25.3 Å². The van der Waals surface area contributed by atoms with Crippen LogP contribution < -0.4 is 0 Å². The van der Waals surface area contributed by atoms with Crippen LogP contribution >= 0.6 is 25.3 Å². The number of ether oxygens (including phenoxy) is 2. The molecule has 1 aliphatic rings. The van der Waals surface area contributed by atoms with Gasteiger partial charge < -0.3 is 9.47 Å². The molecule has 0 spiro atoms. The number of hydrogen-bond acceptors (Lipinski definition) is 5. The molecule has 0 radical (unpaired) electrons. The van der Waals surface area contributed by atoms with Gasteiger partial charge in [0.1, 0.15) is 0 Å². The molecular weight excluding hydrogens is 171 g/mol. The Morgan fingerprint density at radius 1 is 1.22 bits per heavy atom. The van der Waals surface area contributed by atoms with Gasteiger partial charge in [-0.1, -0.05) is 0 Å². The molecule has 0 aromatic heterocycles. The van der Waals surface area contributed by atoms with E-state index in [0.717, 1.165) is 0 Å². The fourth-order valence-corrected chi connectivity index (χ4v) is 0.635. The van der Waals surface area contributed by atoms with Gasteiger partial charge in [0.15, 0.2) is 10.9 Å². The van der Waals surface area contributed by atoms with Crippen molar-refractivity contribution in [2.24, 2.45) is 0 Å². The Balaban J connectivity index is 0.000000640. The van der Waals surface area contributed by atoms with Crippen LogP contribution in [0.2, 0.25) is 0 Å². The molecule has 1 saturated heterocycles. The fourth-order valence-electron chi connectivity index (χ4n) is 0.341. The summed E-state index contributed by atoms with van der Waals surface area (Å²) in [6.07, 6.45) is -0.704. The summed E-state index contributed by atoms with van der Waals surface area (Å²) in [5, 5.41) is 0. The third kappa shape index (κ3) is 2.59. The first kappa shape index (κ1) is 9.97. The molecule has 0 aromatic carbocycles. The Labute approximate surface area is 85.6 Å². The molecular formula is C3H5NaO3S2. The maximum absolute atomic E-state index is 10.1. The molecule has 0 aliphatic carbocycles. The normalized spacial score (nSPS) is 32.4. The molecule has 2 atom stereocenters. The molecule has 2 unspecified atom stereocenters. The number of carbonyl (C=O) groups is 1. The number of carbonyl (C=O) groups excluding carboxylic acids is 1. The van der Waals surface area contributed by atoms with Crippen LogP contribution in [0.5, 0.6) is 0 Å². The van der Waals surface area contributed by atoms with Gasteiger partial charge in [-0.3, -0.25) is 0 Å². The van der Waals surface area contributed by atoms with Crippen LogP contribution in [0, 0.1) is 0 Å². The van der Waals surface area contributed by atoms with E-state index < -0.39 is 17.0 Å². The van der Waals surface area contributed by atoms with Crippen molar-refractivity contribution in [1.29, 1.82) is 0 Å². The van der Waals surface area contributed by atoms with Crippen LogP contribution in [0.15, 0.2) is 0 Å². The van der Waals surface area contributed by atoms with Crippen LogP contribution in [0.4, 0.5) is 4.79 Å². The first-order valence-corrected chi connectivity index (χ1v) is 2.97. The topological polar surface area (TPSA) is 35.5 Å². The molecule has 0 saturated carbocycles. The van der Waals surface area contributed by atoms with Crippen molar-refractivity contribution in [2.45, 2.75) is 10.9 Å². The molecule has 1 heterocycles. The van der Waals surface area contributed by atoms with Crippen molar-refractivity contribution in [3.63, 3.8) is 0 Å². The molecule has 6 heteroatoms. The Kier molecular flexibility index (Phi) is 4.41. The van der Waals surface area contributed by atoms with Crippen molar-refractivity contribution in [3.8, 4) is 0 Å². The molecule has 0 amide bonds. The second-order valence-electron chi connectivity index (χ2n) is 1.27. The zero-order valence-corrected chi connectivity index (χ0v) is 5.56. The SMILES string of the molecule is O=C1OC(S)C(S)O1.[NaH]. The van der Waals surface area contributed by atoms with E-state index in [9.17, 15) is 4.79 Å². The van der Waals surface area contributed by atoms with E-state index in [-0.39, 0.29) is 29.6 Å². The van der Waals surface area contributed by atoms with Crippen LogP contribution in [-0.2, 0) is 9.47 Å². The summed E-state index contributed by atoms with van der Waals surface area (Å²) in [7, 11) is 0. The molecule has 0 aromatic rings. The quantitative estimate of drug-likeness (QED) is 0.310. The van der Waals surface area contributed by atoms with Crippen molar-refractivity contribution < 1.29 is 14.3 Å². The van der Waals surface area contributed by atoms with E-state index in [1.165, 1.54) is 0 Å². The third-order valence-corrected chi connectivity index (χ3v) is 1.67. The molecule has 1 rings (SSSR count). The molecule has 3 nitrogen and oxygen atoms in total. The Morgan fingerprint density at radius 3 is 1.67 bits per heavy atom. The van der Waals surface area contributed by atoms with Crippen LogP contribution in [0.3, 0.4) is 0 Å². The van der Waals surface area contributed by atoms with Gasteiger partial charge in [0.2, 0.25) is 0 Å². The summed E-state index contributed by atoms with van der Waals surface area (Å²) in [5.41, 5.74) is -1.04. The molecule has 1 aliphatic heterocycles. The first-order chi connectivity index (χ1) is 3.70. The van der Waals surface area contributed by atoms with Crippen LogP contribution in [0.1, 0.15) is 0 Å². The van der Waals surface area contributed by atoms with Gasteiger partial charge >= 0.3 is 35.7 Å². The number of thiol groups is 2. The average Bonchev–Trinajstić information content (AvgIpc) is 1.85. The molecule has 9 heavy (non-hydrogen) atoms. The molecule has 0 bridgehead atoms. The number of cyclic esters (lactones) is 2.